The lowest BCUT2D eigenvalue weighted by molar-refractivity contribution is 0.0953. The highest BCUT2D eigenvalue weighted by atomic mass is 32.2. The molecule has 0 unspecified atom stereocenters. The molecule has 0 saturated carbocycles. The summed E-state index contributed by atoms with van der Waals surface area (Å²) in [6.07, 6.45) is 1.47. The molecular formula is C20H19FN2O3S2. The number of nitrogens with one attached hydrogen (secondary N) is 2. The van der Waals surface area contributed by atoms with Gasteiger partial charge in [0, 0.05) is 17.8 Å². The third kappa shape index (κ3) is 5.40. The molecule has 0 saturated heterocycles. The van der Waals surface area contributed by atoms with E-state index >= 15 is 0 Å². The zero-order valence-corrected chi connectivity index (χ0v) is 16.5. The zero-order chi connectivity index (χ0) is 20.0. The van der Waals surface area contributed by atoms with Gasteiger partial charge in [0.25, 0.3) is 15.9 Å². The minimum atomic E-state index is -3.61. The first-order chi connectivity index (χ1) is 13.4. The number of anilines is 1. The molecule has 28 heavy (non-hydrogen) atoms. The van der Waals surface area contributed by atoms with Crippen molar-refractivity contribution in [1.29, 1.82) is 0 Å². The highest BCUT2D eigenvalue weighted by molar-refractivity contribution is 7.94. The third-order valence-corrected chi connectivity index (χ3v) is 6.78. The van der Waals surface area contributed by atoms with Gasteiger partial charge in [-0.1, -0.05) is 18.2 Å². The van der Waals surface area contributed by atoms with Crippen LogP contribution in [0.15, 0.2) is 70.3 Å². The van der Waals surface area contributed by atoms with Crippen molar-refractivity contribution in [3.05, 3.63) is 83.0 Å². The highest BCUT2D eigenvalue weighted by Gasteiger charge is 2.15. The van der Waals surface area contributed by atoms with Gasteiger partial charge in [-0.3, -0.25) is 9.52 Å². The Morgan fingerprint density at radius 3 is 2.36 bits per heavy atom. The number of aryl methyl sites for hydroxylation is 1. The minimum absolute atomic E-state index is 0.230. The zero-order valence-electron chi connectivity index (χ0n) is 14.9. The van der Waals surface area contributed by atoms with Crippen LogP contribution in [0.2, 0.25) is 0 Å². The molecule has 3 aromatic rings. The lowest BCUT2D eigenvalue weighted by Crippen LogP contribution is -2.24. The number of amides is 1. The SMILES string of the molecule is O=C(NCCCc1ccc(F)cc1)c1ccc(NS(=O)(=O)c2cccs2)cc1. The largest absolute Gasteiger partial charge is 0.352 e. The molecule has 0 aliphatic carbocycles. The Morgan fingerprint density at radius 2 is 1.71 bits per heavy atom. The van der Waals surface area contributed by atoms with E-state index in [-0.39, 0.29) is 15.9 Å². The minimum Gasteiger partial charge on any atom is -0.352 e. The topological polar surface area (TPSA) is 75.3 Å². The predicted molar refractivity (Wildman–Crippen MR) is 109 cm³/mol. The van der Waals surface area contributed by atoms with Crippen LogP contribution in [-0.4, -0.2) is 20.9 Å². The van der Waals surface area contributed by atoms with Crippen LogP contribution >= 0.6 is 11.3 Å². The molecule has 3 rings (SSSR count). The van der Waals surface area contributed by atoms with Crippen molar-refractivity contribution in [2.24, 2.45) is 0 Å². The summed E-state index contributed by atoms with van der Waals surface area (Å²) in [5, 5.41) is 4.51. The number of carbonyl (C=O) groups is 1. The second kappa shape index (κ2) is 8.99. The lowest BCUT2D eigenvalue weighted by atomic mass is 10.1. The number of hydrogen-bond donors (Lipinski definition) is 2. The van der Waals surface area contributed by atoms with Crippen molar-refractivity contribution in [2.75, 3.05) is 11.3 Å². The third-order valence-electron chi connectivity index (χ3n) is 4.00. The van der Waals surface area contributed by atoms with Crippen LogP contribution < -0.4 is 10.0 Å². The number of hydrogen-bond acceptors (Lipinski definition) is 4. The molecule has 5 nitrogen and oxygen atoms in total. The normalized spacial score (nSPS) is 11.2. The molecule has 2 aromatic carbocycles. The standard InChI is InChI=1S/C20H19FN2O3S2/c21-17-9-5-15(6-10-17)3-1-13-22-20(24)16-7-11-18(12-8-16)23-28(25,26)19-4-2-14-27-19/h2,4-12,14,23H,1,3,13H2,(H,22,24). The number of rotatable bonds is 8. The smallest absolute Gasteiger partial charge is 0.271 e. The summed E-state index contributed by atoms with van der Waals surface area (Å²) in [6.45, 7) is 0.489. The number of halogens is 1. The summed E-state index contributed by atoms with van der Waals surface area (Å²) in [5.41, 5.74) is 1.85. The van der Waals surface area contributed by atoms with Crippen LogP contribution in [0.3, 0.4) is 0 Å². The first-order valence-corrected chi connectivity index (χ1v) is 11.0. The molecular weight excluding hydrogens is 399 g/mol. The van der Waals surface area contributed by atoms with E-state index in [1.807, 2.05) is 0 Å². The number of carbonyl (C=O) groups excluding carboxylic acids is 1. The summed E-state index contributed by atoms with van der Waals surface area (Å²) in [6, 6.07) is 15.7. The summed E-state index contributed by atoms with van der Waals surface area (Å²) in [4.78, 5) is 12.2. The first kappa shape index (κ1) is 20.0. The van der Waals surface area contributed by atoms with Gasteiger partial charge < -0.3 is 5.32 Å². The fourth-order valence-electron chi connectivity index (χ4n) is 2.56. The molecule has 0 spiro atoms. The van der Waals surface area contributed by atoms with Crippen LogP contribution in [-0.2, 0) is 16.4 Å². The van der Waals surface area contributed by atoms with Gasteiger partial charge in [-0.05, 0) is 66.2 Å². The Bertz CT molecular complexity index is 1020. The second-order valence-corrected chi connectivity index (χ2v) is 8.96. The molecule has 1 aromatic heterocycles. The average Bonchev–Trinajstić information content (AvgIpc) is 3.23. The predicted octanol–water partition coefficient (Wildman–Crippen LogP) is 4.05. The van der Waals surface area contributed by atoms with E-state index in [0.29, 0.717) is 17.8 Å². The van der Waals surface area contributed by atoms with Gasteiger partial charge >= 0.3 is 0 Å². The van der Waals surface area contributed by atoms with Crippen molar-refractivity contribution in [2.45, 2.75) is 17.1 Å². The molecule has 146 valence electrons. The molecule has 0 atom stereocenters. The fourth-order valence-corrected chi connectivity index (χ4v) is 4.61. The molecule has 2 N–H and O–H groups in total. The van der Waals surface area contributed by atoms with Gasteiger partial charge in [0.15, 0.2) is 0 Å². The maximum Gasteiger partial charge on any atom is 0.271 e. The number of benzene rings is 2. The van der Waals surface area contributed by atoms with Crippen molar-refractivity contribution >= 4 is 33.0 Å². The maximum atomic E-state index is 12.9. The van der Waals surface area contributed by atoms with Crippen LogP contribution in [0, 0.1) is 5.82 Å². The first-order valence-electron chi connectivity index (χ1n) is 8.63. The van der Waals surface area contributed by atoms with Crippen molar-refractivity contribution in [3.8, 4) is 0 Å². The summed E-state index contributed by atoms with van der Waals surface area (Å²) in [7, 11) is -3.61. The molecule has 0 bridgehead atoms. The van der Waals surface area contributed by atoms with Crippen molar-refractivity contribution < 1.29 is 17.6 Å². The van der Waals surface area contributed by atoms with Crippen molar-refractivity contribution in [3.63, 3.8) is 0 Å². The van der Waals surface area contributed by atoms with E-state index < -0.39 is 10.0 Å². The lowest BCUT2D eigenvalue weighted by Gasteiger charge is -2.08. The Hall–Kier alpha value is -2.71. The van der Waals surface area contributed by atoms with E-state index in [4.69, 9.17) is 0 Å². The molecule has 8 heteroatoms. The summed E-state index contributed by atoms with van der Waals surface area (Å²) in [5.74, 6) is -0.495. The van der Waals surface area contributed by atoms with E-state index in [1.54, 1.807) is 47.8 Å². The quantitative estimate of drug-likeness (QED) is 0.542. The van der Waals surface area contributed by atoms with E-state index in [1.165, 1.54) is 18.2 Å². The number of sulfonamides is 1. The van der Waals surface area contributed by atoms with E-state index in [2.05, 4.69) is 10.0 Å². The van der Waals surface area contributed by atoms with Gasteiger partial charge in [0.1, 0.15) is 10.0 Å². The fraction of sp³-hybridized carbons (Fsp3) is 0.150. The molecule has 0 fully saturated rings. The van der Waals surface area contributed by atoms with Crippen LogP contribution in [0.5, 0.6) is 0 Å². The average molecular weight is 419 g/mol. The summed E-state index contributed by atoms with van der Waals surface area (Å²) < 4.78 is 40.0. The summed E-state index contributed by atoms with van der Waals surface area (Å²) >= 11 is 1.13. The molecule has 0 radical (unpaired) electrons. The monoisotopic (exact) mass is 418 g/mol. The molecule has 1 amide bonds. The molecule has 1 heterocycles. The van der Waals surface area contributed by atoms with E-state index in [9.17, 15) is 17.6 Å². The van der Waals surface area contributed by atoms with Gasteiger partial charge in [-0.25, -0.2) is 12.8 Å². The second-order valence-electron chi connectivity index (χ2n) is 6.10. The Balaban J connectivity index is 1.49. The van der Waals surface area contributed by atoms with Crippen LogP contribution in [0.4, 0.5) is 10.1 Å². The maximum absolute atomic E-state index is 12.9. The van der Waals surface area contributed by atoms with Gasteiger partial charge in [-0.2, -0.15) is 0 Å². The molecule has 0 aliphatic rings. The van der Waals surface area contributed by atoms with Crippen LogP contribution in [0.25, 0.3) is 0 Å². The van der Waals surface area contributed by atoms with Gasteiger partial charge in [0.05, 0.1) is 0 Å². The highest BCUT2D eigenvalue weighted by Crippen LogP contribution is 2.20. The number of thiophene rings is 1. The Kier molecular flexibility index (Phi) is 6.43. The van der Waals surface area contributed by atoms with Crippen molar-refractivity contribution in [1.82, 2.24) is 5.32 Å². The van der Waals surface area contributed by atoms with Gasteiger partial charge in [-0.15, -0.1) is 11.3 Å². The Labute approximate surface area is 167 Å². The molecule has 0 aliphatic heterocycles. The van der Waals surface area contributed by atoms with Gasteiger partial charge in [0.2, 0.25) is 0 Å². The van der Waals surface area contributed by atoms with E-state index in [0.717, 1.165) is 29.7 Å². The Morgan fingerprint density at radius 1 is 1.00 bits per heavy atom. The van der Waals surface area contributed by atoms with Crippen LogP contribution in [0.1, 0.15) is 22.3 Å².